The number of ketones is 1. The van der Waals surface area contributed by atoms with Crippen molar-refractivity contribution in [2.24, 2.45) is 0 Å². The molecule has 1 amide bonds. The number of benzene rings is 1. The Morgan fingerprint density at radius 3 is 2.39 bits per heavy atom. The van der Waals surface area contributed by atoms with E-state index in [-0.39, 0.29) is 30.2 Å². The second kappa shape index (κ2) is 9.24. The zero-order valence-electron chi connectivity index (χ0n) is 17.5. The topological polar surface area (TPSA) is 96.7 Å². The summed E-state index contributed by atoms with van der Waals surface area (Å²) >= 11 is 0. The number of aryl methyl sites for hydroxylation is 2. The molecule has 0 atom stereocenters. The fourth-order valence-corrected chi connectivity index (χ4v) is 4.29. The number of aromatic nitrogens is 1. The predicted molar refractivity (Wildman–Crippen MR) is 116 cm³/mol. The third-order valence-electron chi connectivity index (χ3n) is 6.14. The van der Waals surface area contributed by atoms with Gasteiger partial charge in [0, 0.05) is 50.7 Å². The number of amides is 1. The number of pyridine rings is 1. The second-order valence-electron chi connectivity index (χ2n) is 8.11. The van der Waals surface area contributed by atoms with E-state index >= 15 is 0 Å². The van der Waals surface area contributed by atoms with Crippen molar-refractivity contribution in [2.75, 3.05) is 31.1 Å². The van der Waals surface area contributed by atoms with Crippen LogP contribution >= 0.6 is 0 Å². The number of hydrogen-bond donors (Lipinski definition) is 0. The van der Waals surface area contributed by atoms with Crippen molar-refractivity contribution in [2.45, 2.75) is 38.5 Å². The smallest absolute Gasteiger partial charge is 0.287 e. The highest BCUT2D eigenvalue weighted by molar-refractivity contribution is 5.98. The van der Waals surface area contributed by atoms with Crippen LogP contribution in [-0.4, -0.2) is 52.7 Å². The molecule has 8 heteroatoms. The molecule has 2 heterocycles. The molecular formula is C23H26N4O4. The maximum Gasteiger partial charge on any atom is 0.287 e. The number of rotatable bonds is 6. The van der Waals surface area contributed by atoms with Gasteiger partial charge in [-0.2, -0.15) is 0 Å². The lowest BCUT2D eigenvalue weighted by molar-refractivity contribution is -0.385. The SMILES string of the molecule is O=C(CCC(=O)N1CCN(c2ccc([N+](=O)[O-])cn2)CC1)c1ccc2c(c1)CCCC2. The highest BCUT2D eigenvalue weighted by atomic mass is 16.6. The minimum Gasteiger partial charge on any atom is -0.353 e. The number of anilines is 1. The van der Waals surface area contributed by atoms with Gasteiger partial charge in [-0.25, -0.2) is 4.98 Å². The zero-order valence-corrected chi connectivity index (χ0v) is 17.5. The average molecular weight is 422 g/mol. The summed E-state index contributed by atoms with van der Waals surface area (Å²) in [7, 11) is 0. The summed E-state index contributed by atoms with van der Waals surface area (Å²) in [5.41, 5.74) is 3.29. The molecular weight excluding hydrogens is 396 g/mol. The molecule has 31 heavy (non-hydrogen) atoms. The van der Waals surface area contributed by atoms with Gasteiger partial charge in [-0.3, -0.25) is 19.7 Å². The first kappa shape index (κ1) is 21.0. The molecule has 1 aromatic carbocycles. The maximum atomic E-state index is 12.6. The van der Waals surface area contributed by atoms with Crippen LogP contribution in [0.15, 0.2) is 36.5 Å². The number of carbonyl (C=O) groups is 2. The minimum absolute atomic E-state index is 0.0115. The number of carbonyl (C=O) groups excluding carboxylic acids is 2. The quantitative estimate of drug-likeness (QED) is 0.403. The van der Waals surface area contributed by atoms with E-state index in [2.05, 4.69) is 11.1 Å². The molecule has 1 aliphatic carbocycles. The van der Waals surface area contributed by atoms with Crippen LogP contribution in [0.3, 0.4) is 0 Å². The summed E-state index contributed by atoms with van der Waals surface area (Å²) in [4.78, 5) is 43.4. The number of nitrogens with zero attached hydrogens (tertiary/aromatic N) is 4. The molecule has 0 unspecified atom stereocenters. The Bertz CT molecular complexity index is 982. The molecule has 1 saturated heterocycles. The number of hydrogen-bond acceptors (Lipinski definition) is 6. The molecule has 4 rings (SSSR count). The summed E-state index contributed by atoms with van der Waals surface area (Å²) < 4.78 is 0. The van der Waals surface area contributed by atoms with Crippen LogP contribution in [0, 0.1) is 10.1 Å². The highest BCUT2D eigenvalue weighted by Gasteiger charge is 2.23. The Balaban J connectivity index is 1.26. The highest BCUT2D eigenvalue weighted by Crippen LogP contribution is 2.23. The van der Waals surface area contributed by atoms with Gasteiger partial charge in [-0.1, -0.05) is 12.1 Å². The van der Waals surface area contributed by atoms with Crippen molar-refractivity contribution in [3.05, 3.63) is 63.3 Å². The molecule has 0 N–H and O–H groups in total. The molecule has 162 valence electrons. The zero-order chi connectivity index (χ0) is 21.8. The van der Waals surface area contributed by atoms with Crippen LogP contribution in [0.25, 0.3) is 0 Å². The van der Waals surface area contributed by atoms with Crippen molar-refractivity contribution in [3.63, 3.8) is 0 Å². The van der Waals surface area contributed by atoms with E-state index in [1.807, 2.05) is 17.0 Å². The van der Waals surface area contributed by atoms with E-state index in [9.17, 15) is 19.7 Å². The van der Waals surface area contributed by atoms with Gasteiger partial charge in [0.25, 0.3) is 5.69 Å². The van der Waals surface area contributed by atoms with E-state index in [1.165, 1.54) is 36.2 Å². The predicted octanol–water partition coefficient (Wildman–Crippen LogP) is 3.18. The van der Waals surface area contributed by atoms with E-state index in [4.69, 9.17) is 0 Å². The van der Waals surface area contributed by atoms with Crippen molar-refractivity contribution in [1.82, 2.24) is 9.88 Å². The Labute approximate surface area is 181 Å². The van der Waals surface area contributed by atoms with Gasteiger partial charge in [0.15, 0.2) is 5.78 Å². The van der Waals surface area contributed by atoms with Crippen molar-refractivity contribution < 1.29 is 14.5 Å². The summed E-state index contributed by atoms with van der Waals surface area (Å²) in [5.74, 6) is 0.679. The standard InChI is InChI=1S/C23H26N4O4/c28-21(19-6-5-17-3-1-2-4-18(17)15-19)8-10-23(29)26-13-11-25(12-14-26)22-9-7-20(16-24-22)27(30)31/h5-7,9,15-16H,1-4,8,10-14H2. The lowest BCUT2D eigenvalue weighted by Crippen LogP contribution is -2.49. The van der Waals surface area contributed by atoms with Crippen LogP contribution in [-0.2, 0) is 17.6 Å². The number of fused-ring (bicyclic) bond motifs is 1. The van der Waals surface area contributed by atoms with Gasteiger partial charge < -0.3 is 9.80 Å². The molecule has 0 spiro atoms. The second-order valence-corrected chi connectivity index (χ2v) is 8.11. The van der Waals surface area contributed by atoms with Crippen LogP contribution in [0.5, 0.6) is 0 Å². The Hall–Kier alpha value is -3.29. The van der Waals surface area contributed by atoms with Crippen LogP contribution in [0.1, 0.15) is 47.2 Å². The molecule has 0 saturated carbocycles. The van der Waals surface area contributed by atoms with Crippen LogP contribution in [0.2, 0.25) is 0 Å². The largest absolute Gasteiger partial charge is 0.353 e. The summed E-state index contributed by atoms with van der Waals surface area (Å²) in [6.07, 6.45) is 6.19. The van der Waals surface area contributed by atoms with Crippen LogP contribution in [0.4, 0.5) is 11.5 Å². The van der Waals surface area contributed by atoms with Gasteiger partial charge in [0.1, 0.15) is 12.0 Å². The third-order valence-corrected chi connectivity index (χ3v) is 6.14. The van der Waals surface area contributed by atoms with Crippen LogP contribution < -0.4 is 4.90 Å². The molecule has 1 aliphatic heterocycles. The Kier molecular flexibility index (Phi) is 6.25. The third kappa shape index (κ3) is 4.90. The molecule has 0 bridgehead atoms. The summed E-state index contributed by atoms with van der Waals surface area (Å²) in [6, 6.07) is 9.04. The average Bonchev–Trinajstić information content (AvgIpc) is 2.82. The van der Waals surface area contributed by atoms with E-state index in [0.29, 0.717) is 37.6 Å². The van der Waals surface area contributed by atoms with Crippen molar-refractivity contribution >= 4 is 23.2 Å². The number of nitro groups is 1. The first-order chi connectivity index (χ1) is 15.0. The normalized spacial score (nSPS) is 16.0. The van der Waals surface area contributed by atoms with Gasteiger partial charge >= 0.3 is 0 Å². The van der Waals surface area contributed by atoms with E-state index < -0.39 is 4.92 Å². The maximum absolute atomic E-state index is 12.6. The molecule has 0 radical (unpaired) electrons. The van der Waals surface area contributed by atoms with Gasteiger partial charge in [0.2, 0.25) is 5.91 Å². The van der Waals surface area contributed by atoms with Crippen molar-refractivity contribution in [1.29, 1.82) is 0 Å². The fourth-order valence-electron chi connectivity index (χ4n) is 4.29. The first-order valence-electron chi connectivity index (χ1n) is 10.8. The molecule has 1 aromatic heterocycles. The van der Waals surface area contributed by atoms with Crippen molar-refractivity contribution in [3.8, 4) is 0 Å². The molecule has 2 aromatic rings. The van der Waals surface area contributed by atoms with E-state index in [1.54, 1.807) is 11.0 Å². The van der Waals surface area contributed by atoms with Gasteiger partial charge in [0.05, 0.1) is 4.92 Å². The number of piperazine rings is 1. The fraction of sp³-hybridized carbons (Fsp3) is 0.435. The first-order valence-corrected chi connectivity index (χ1v) is 10.8. The summed E-state index contributed by atoms with van der Waals surface area (Å²) in [6.45, 7) is 2.31. The summed E-state index contributed by atoms with van der Waals surface area (Å²) in [5, 5.41) is 10.8. The minimum atomic E-state index is -0.473. The number of Topliss-reactive ketones (excluding diaryl/α,β-unsaturated/α-hetero) is 1. The lowest BCUT2D eigenvalue weighted by Gasteiger charge is -2.35. The Morgan fingerprint density at radius 2 is 1.71 bits per heavy atom. The lowest BCUT2D eigenvalue weighted by atomic mass is 9.89. The van der Waals surface area contributed by atoms with E-state index in [0.717, 1.165) is 12.8 Å². The van der Waals surface area contributed by atoms with Gasteiger partial charge in [-0.05, 0) is 48.9 Å². The molecule has 1 fully saturated rings. The molecule has 2 aliphatic rings. The van der Waals surface area contributed by atoms with Gasteiger partial charge in [-0.15, -0.1) is 0 Å². The molecule has 8 nitrogen and oxygen atoms in total. The monoisotopic (exact) mass is 422 g/mol. The Morgan fingerprint density at radius 1 is 0.968 bits per heavy atom.